The van der Waals surface area contributed by atoms with Crippen LogP contribution >= 0.6 is 0 Å². The van der Waals surface area contributed by atoms with E-state index < -0.39 is 0 Å². The molecule has 0 aliphatic carbocycles. The van der Waals surface area contributed by atoms with Gasteiger partial charge < -0.3 is 10.6 Å². The lowest BCUT2D eigenvalue weighted by atomic mass is 10.2. The molecule has 13 heavy (non-hydrogen) atoms. The van der Waals surface area contributed by atoms with E-state index in [1.165, 1.54) is 0 Å². The Morgan fingerprint density at radius 1 is 1.38 bits per heavy atom. The molecule has 2 N–H and O–H groups in total. The number of carbonyl (C=O) groups is 1. The molecule has 0 heterocycles. The SMILES string of the molecule is CCCCNC(=O)CNC(C)CC. The van der Waals surface area contributed by atoms with Crippen LogP contribution in [0.4, 0.5) is 0 Å². The van der Waals surface area contributed by atoms with E-state index in [0.717, 1.165) is 25.8 Å². The first-order valence-corrected chi connectivity index (χ1v) is 5.20. The second-order valence-electron chi connectivity index (χ2n) is 3.39. The Morgan fingerprint density at radius 2 is 2.08 bits per heavy atom. The molecule has 3 nitrogen and oxygen atoms in total. The Balaban J connectivity index is 3.30. The largest absolute Gasteiger partial charge is 0.355 e. The van der Waals surface area contributed by atoms with Crippen LogP contribution in [-0.4, -0.2) is 25.0 Å². The van der Waals surface area contributed by atoms with Crippen LogP contribution in [-0.2, 0) is 4.79 Å². The molecule has 0 aliphatic heterocycles. The molecule has 0 aromatic rings. The summed E-state index contributed by atoms with van der Waals surface area (Å²) in [6.07, 6.45) is 3.25. The maximum Gasteiger partial charge on any atom is 0.233 e. The standard InChI is InChI=1S/C10H22N2O/c1-4-6-7-11-10(13)8-12-9(3)5-2/h9,12H,4-8H2,1-3H3,(H,11,13). The summed E-state index contributed by atoms with van der Waals surface area (Å²) in [4.78, 5) is 11.2. The minimum Gasteiger partial charge on any atom is -0.355 e. The summed E-state index contributed by atoms with van der Waals surface area (Å²) in [5, 5.41) is 6.01. The van der Waals surface area contributed by atoms with Crippen LogP contribution in [0, 0.1) is 0 Å². The first-order valence-electron chi connectivity index (χ1n) is 5.20. The predicted octanol–water partition coefficient (Wildman–Crippen LogP) is 1.29. The molecule has 0 aromatic heterocycles. The van der Waals surface area contributed by atoms with Gasteiger partial charge in [-0.3, -0.25) is 4.79 Å². The van der Waals surface area contributed by atoms with Crippen molar-refractivity contribution in [2.45, 2.75) is 46.1 Å². The van der Waals surface area contributed by atoms with Gasteiger partial charge in [-0.15, -0.1) is 0 Å². The Labute approximate surface area is 81.3 Å². The predicted molar refractivity (Wildman–Crippen MR) is 55.7 cm³/mol. The molecule has 0 saturated carbocycles. The van der Waals surface area contributed by atoms with Gasteiger partial charge >= 0.3 is 0 Å². The summed E-state index contributed by atoms with van der Waals surface area (Å²) in [6, 6.07) is 0.428. The van der Waals surface area contributed by atoms with Gasteiger partial charge in [0.2, 0.25) is 5.91 Å². The van der Waals surface area contributed by atoms with Crippen LogP contribution < -0.4 is 10.6 Å². The van der Waals surface area contributed by atoms with Crippen LogP contribution in [0.2, 0.25) is 0 Å². The van der Waals surface area contributed by atoms with Gasteiger partial charge in [0.15, 0.2) is 0 Å². The van der Waals surface area contributed by atoms with E-state index in [4.69, 9.17) is 0 Å². The molecule has 1 atom stereocenters. The van der Waals surface area contributed by atoms with Crippen molar-refractivity contribution in [3.05, 3.63) is 0 Å². The lowest BCUT2D eigenvalue weighted by molar-refractivity contribution is -0.120. The lowest BCUT2D eigenvalue weighted by Gasteiger charge is -2.10. The molecule has 0 spiro atoms. The van der Waals surface area contributed by atoms with E-state index in [9.17, 15) is 4.79 Å². The number of amides is 1. The van der Waals surface area contributed by atoms with Gasteiger partial charge in [0, 0.05) is 12.6 Å². The highest BCUT2D eigenvalue weighted by atomic mass is 16.1. The van der Waals surface area contributed by atoms with Gasteiger partial charge in [-0.25, -0.2) is 0 Å². The average molecular weight is 186 g/mol. The second-order valence-corrected chi connectivity index (χ2v) is 3.39. The van der Waals surface area contributed by atoms with Crippen LogP contribution in [0.3, 0.4) is 0 Å². The zero-order chi connectivity index (χ0) is 10.1. The molecule has 0 bridgehead atoms. The number of nitrogens with one attached hydrogen (secondary N) is 2. The fraction of sp³-hybridized carbons (Fsp3) is 0.900. The van der Waals surface area contributed by atoms with Gasteiger partial charge in [0.25, 0.3) is 0 Å². The molecule has 78 valence electrons. The minimum atomic E-state index is 0.105. The van der Waals surface area contributed by atoms with Crippen LogP contribution in [0.25, 0.3) is 0 Å². The normalized spacial score (nSPS) is 12.5. The van der Waals surface area contributed by atoms with Crippen molar-refractivity contribution in [2.24, 2.45) is 0 Å². The second kappa shape index (κ2) is 8.05. The van der Waals surface area contributed by atoms with Crippen molar-refractivity contribution < 1.29 is 4.79 Å². The van der Waals surface area contributed by atoms with Crippen LogP contribution in [0.1, 0.15) is 40.0 Å². The third-order valence-corrected chi connectivity index (χ3v) is 2.08. The lowest BCUT2D eigenvalue weighted by Crippen LogP contribution is -2.38. The van der Waals surface area contributed by atoms with E-state index >= 15 is 0 Å². The number of hydrogen-bond acceptors (Lipinski definition) is 2. The highest BCUT2D eigenvalue weighted by Gasteiger charge is 2.02. The summed E-state index contributed by atoms with van der Waals surface area (Å²) in [7, 11) is 0. The molecule has 0 saturated heterocycles. The van der Waals surface area contributed by atoms with Crippen molar-refractivity contribution >= 4 is 5.91 Å². The van der Waals surface area contributed by atoms with Crippen molar-refractivity contribution in [3.8, 4) is 0 Å². The summed E-state index contributed by atoms with van der Waals surface area (Å²) < 4.78 is 0. The van der Waals surface area contributed by atoms with Gasteiger partial charge in [0.1, 0.15) is 0 Å². The monoisotopic (exact) mass is 186 g/mol. The quantitative estimate of drug-likeness (QED) is 0.588. The average Bonchev–Trinajstić information content (AvgIpc) is 2.14. The van der Waals surface area contributed by atoms with Crippen LogP contribution in [0.5, 0.6) is 0 Å². The van der Waals surface area contributed by atoms with Crippen molar-refractivity contribution in [3.63, 3.8) is 0 Å². The molecule has 0 aliphatic rings. The van der Waals surface area contributed by atoms with Gasteiger partial charge in [-0.1, -0.05) is 20.3 Å². The first kappa shape index (κ1) is 12.4. The number of hydrogen-bond donors (Lipinski definition) is 2. The fourth-order valence-corrected chi connectivity index (χ4v) is 0.878. The third-order valence-electron chi connectivity index (χ3n) is 2.08. The van der Waals surface area contributed by atoms with Gasteiger partial charge in [-0.2, -0.15) is 0 Å². The van der Waals surface area contributed by atoms with Crippen molar-refractivity contribution in [2.75, 3.05) is 13.1 Å². The van der Waals surface area contributed by atoms with E-state index in [1.54, 1.807) is 0 Å². The number of unbranched alkanes of at least 4 members (excludes halogenated alkanes) is 1. The molecule has 0 radical (unpaired) electrons. The third kappa shape index (κ3) is 7.78. The zero-order valence-electron chi connectivity index (χ0n) is 9.02. The van der Waals surface area contributed by atoms with E-state index in [0.29, 0.717) is 12.6 Å². The fourth-order valence-electron chi connectivity index (χ4n) is 0.878. The smallest absolute Gasteiger partial charge is 0.233 e. The van der Waals surface area contributed by atoms with Gasteiger partial charge in [-0.05, 0) is 19.8 Å². The molecule has 3 heteroatoms. The van der Waals surface area contributed by atoms with Crippen LogP contribution in [0.15, 0.2) is 0 Å². The van der Waals surface area contributed by atoms with Gasteiger partial charge in [0.05, 0.1) is 6.54 Å². The van der Waals surface area contributed by atoms with Crippen molar-refractivity contribution in [1.82, 2.24) is 10.6 Å². The summed E-state index contributed by atoms with van der Waals surface area (Å²) >= 11 is 0. The Hall–Kier alpha value is -0.570. The Kier molecular flexibility index (Phi) is 7.69. The Bertz CT molecular complexity index is 137. The molecule has 1 unspecified atom stereocenters. The number of rotatable bonds is 7. The minimum absolute atomic E-state index is 0.105. The van der Waals surface area contributed by atoms with E-state index in [2.05, 4.69) is 31.4 Å². The summed E-state index contributed by atoms with van der Waals surface area (Å²) in [6.45, 7) is 7.55. The maximum absolute atomic E-state index is 11.2. The molecule has 0 fully saturated rings. The number of carbonyl (C=O) groups excluding carboxylic acids is 1. The van der Waals surface area contributed by atoms with E-state index in [-0.39, 0.29) is 5.91 Å². The highest BCUT2D eigenvalue weighted by Crippen LogP contribution is 1.86. The molecular weight excluding hydrogens is 164 g/mol. The topological polar surface area (TPSA) is 41.1 Å². The first-order chi connectivity index (χ1) is 6.20. The molecule has 1 amide bonds. The molecular formula is C10H22N2O. The zero-order valence-corrected chi connectivity index (χ0v) is 9.02. The van der Waals surface area contributed by atoms with E-state index in [1.807, 2.05) is 0 Å². The Morgan fingerprint density at radius 3 is 2.62 bits per heavy atom. The molecule has 0 rings (SSSR count). The van der Waals surface area contributed by atoms with Crippen molar-refractivity contribution in [1.29, 1.82) is 0 Å². The highest BCUT2D eigenvalue weighted by molar-refractivity contribution is 5.77. The maximum atomic E-state index is 11.2. The summed E-state index contributed by atoms with van der Waals surface area (Å²) in [5.74, 6) is 0.105. The molecule has 0 aromatic carbocycles. The summed E-state index contributed by atoms with van der Waals surface area (Å²) in [5.41, 5.74) is 0.